The van der Waals surface area contributed by atoms with E-state index in [-0.39, 0.29) is 0 Å². The van der Waals surface area contributed by atoms with Crippen molar-refractivity contribution < 1.29 is 14.3 Å². The van der Waals surface area contributed by atoms with E-state index >= 15 is 0 Å². The van der Waals surface area contributed by atoms with Crippen LogP contribution in [0.3, 0.4) is 0 Å². The molecule has 3 heteroatoms. The van der Waals surface area contributed by atoms with Crippen LogP contribution in [0.1, 0.15) is 25.7 Å². The van der Waals surface area contributed by atoms with E-state index in [1.54, 1.807) is 0 Å². The third-order valence-electron chi connectivity index (χ3n) is 5.55. The van der Waals surface area contributed by atoms with Gasteiger partial charge in [-0.25, -0.2) is 0 Å². The molecule has 7 unspecified atom stereocenters. The van der Waals surface area contributed by atoms with Crippen LogP contribution in [-0.4, -0.2) is 25.3 Å². The van der Waals surface area contributed by atoms with Crippen LogP contribution in [0, 0.1) is 29.6 Å². The number of hydrogen-bond acceptors (Lipinski definition) is 3. The first-order valence-electron chi connectivity index (χ1n) is 6.59. The van der Waals surface area contributed by atoms with Crippen LogP contribution in [0.5, 0.6) is 0 Å². The highest BCUT2D eigenvalue weighted by Gasteiger charge is 2.66. The molecule has 3 saturated carbocycles. The molecule has 88 valence electrons. The fourth-order valence-corrected chi connectivity index (χ4v) is 5.07. The number of carbonyl (C=O) groups excluding carboxylic acids is 1. The minimum absolute atomic E-state index is 0.578. The molecule has 4 fully saturated rings. The second-order valence-corrected chi connectivity index (χ2v) is 6.03. The van der Waals surface area contributed by atoms with Crippen molar-refractivity contribution in [3.63, 3.8) is 0 Å². The summed E-state index contributed by atoms with van der Waals surface area (Å²) < 4.78 is 10.5. The average molecular weight is 222 g/mol. The zero-order chi connectivity index (χ0) is 10.7. The zero-order valence-electron chi connectivity index (χ0n) is 9.38. The monoisotopic (exact) mass is 222 g/mol. The molecule has 0 N–H and O–H groups in total. The quantitative estimate of drug-likeness (QED) is 0.412. The van der Waals surface area contributed by atoms with E-state index in [0.717, 1.165) is 36.0 Å². The maximum atomic E-state index is 10.1. The molecule has 4 rings (SSSR count). The van der Waals surface area contributed by atoms with Crippen LogP contribution in [0.25, 0.3) is 0 Å². The molecule has 2 bridgehead atoms. The predicted molar refractivity (Wildman–Crippen MR) is 56.6 cm³/mol. The van der Waals surface area contributed by atoms with Crippen molar-refractivity contribution >= 4 is 6.47 Å². The van der Waals surface area contributed by atoms with Gasteiger partial charge in [-0.2, -0.15) is 0 Å². The molecule has 7 atom stereocenters. The topological polar surface area (TPSA) is 38.8 Å². The summed E-state index contributed by atoms with van der Waals surface area (Å²) in [6.45, 7) is 1.20. The number of ether oxygens (including phenoxy) is 2. The Morgan fingerprint density at radius 2 is 2.19 bits per heavy atom. The van der Waals surface area contributed by atoms with Crippen molar-refractivity contribution in [3.05, 3.63) is 0 Å². The molecule has 0 radical (unpaired) electrons. The van der Waals surface area contributed by atoms with Gasteiger partial charge in [0.2, 0.25) is 0 Å². The van der Waals surface area contributed by atoms with Gasteiger partial charge < -0.3 is 9.47 Å². The van der Waals surface area contributed by atoms with E-state index in [1.165, 1.54) is 19.3 Å². The Morgan fingerprint density at radius 3 is 3.06 bits per heavy atom. The summed E-state index contributed by atoms with van der Waals surface area (Å²) in [6, 6.07) is 0. The molecule has 1 aliphatic heterocycles. The average Bonchev–Trinajstić information content (AvgIpc) is 2.70. The first-order valence-corrected chi connectivity index (χ1v) is 6.59. The molecule has 0 spiro atoms. The number of hydrogen-bond donors (Lipinski definition) is 0. The highest BCUT2D eigenvalue weighted by Crippen LogP contribution is 2.66. The first kappa shape index (κ1) is 9.46. The van der Waals surface area contributed by atoms with Crippen molar-refractivity contribution in [2.75, 3.05) is 6.61 Å². The third-order valence-corrected chi connectivity index (χ3v) is 5.55. The molecular formula is C13H18O3. The Balaban J connectivity index is 1.42. The minimum atomic E-state index is 0.578. The molecule has 16 heavy (non-hydrogen) atoms. The highest BCUT2D eigenvalue weighted by atomic mass is 16.6. The van der Waals surface area contributed by atoms with Crippen molar-refractivity contribution in [2.45, 2.75) is 37.9 Å². The van der Waals surface area contributed by atoms with E-state index in [9.17, 15) is 4.79 Å². The fourth-order valence-electron chi connectivity index (χ4n) is 5.07. The van der Waals surface area contributed by atoms with Gasteiger partial charge in [-0.1, -0.05) is 0 Å². The Bertz CT molecular complexity index is 316. The smallest absolute Gasteiger partial charge is 0.293 e. The molecule has 0 aromatic heterocycles. The summed E-state index contributed by atoms with van der Waals surface area (Å²) in [4.78, 5) is 10.1. The molecule has 1 heterocycles. The lowest BCUT2D eigenvalue weighted by Gasteiger charge is -2.32. The molecule has 0 aromatic carbocycles. The van der Waals surface area contributed by atoms with Crippen LogP contribution in [0.2, 0.25) is 0 Å². The van der Waals surface area contributed by atoms with Gasteiger partial charge in [-0.15, -0.1) is 0 Å². The van der Waals surface area contributed by atoms with E-state index < -0.39 is 0 Å². The van der Waals surface area contributed by atoms with E-state index in [2.05, 4.69) is 0 Å². The predicted octanol–water partition coefficient (Wildman–Crippen LogP) is 1.61. The molecule has 4 aliphatic rings. The van der Waals surface area contributed by atoms with Crippen LogP contribution in [-0.2, 0) is 14.3 Å². The Hall–Kier alpha value is -0.570. The number of epoxide rings is 1. The molecule has 3 nitrogen and oxygen atoms in total. The molecule has 3 aliphatic carbocycles. The summed E-state index contributed by atoms with van der Waals surface area (Å²) in [6.07, 6.45) is 6.47. The van der Waals surface area contributed by atoms with Crippen LogP contribution in [0.15, 0.2) is 0 Å². The normalized spacial score (nSPS) is 55.9. The van der Waals surface area contributed by atoms with E-state index in [0.29, 0.717) is 25.3 Å². The van der Waals surface area contributed by atoms with E-state index in [1.807, 2.05) is 0 Å². The van der Waals surface area contributed by atoms with Crippen molar-refractivity contribution in [1.82, 2.24) is 0 Å². The lowest BCUT2D eigenvalue weighted by molar-refractivity contribution is -0.129. The SMILES string of the molecule is O=COCCC1CC2CC1C1CC3OC3C21. The highest BCUT2D eigenvalue weighted by molar-refractivity contribution is 5.36. The molecule has 1 saturated heterocycles. The van der Waals surface area contributed by atoms with Gasteiger partial charge in [0.25, 0.3) is 6.47 Å². The zero-order valence-corrected chi connectivity index (χ0v) is 9.38. The summed E-state index contributed by atoms with van der Waals surface area (Å²) >= 11 is 0. The Morgan fingerprint density at radius 1 is 1.25 bits per heavy atom. The number of fused-ring (bicyclic) bond motifs is 7. The van der Waals surface area contributed by atoms with Crippen molar-refractivity contribution in [2.24, 2.45) is 29.6 Å². The molecular weight excluding hydrogens is 204 g/mol. The third kappa shape index (κ3) is 1.15. The van der Waals surface area contributed by atoms with Crippen molar-refractivity contribution in [1.29, 1.82) is 0 Å². The maximum Gasteiger partial charge on any atom is 0.293 e. The summed E-state index contributed by atoms with van der Waals surface area (Å²) in [7, 11) is 0. The van der Waals surface area contributed by atoms with Gasteiger partial charge >= 0.3 is 0 Å². The molecule has 0 aromatic rings. The van der Waals surface area contributed by atoms with Gasteiger partial charge in [0.1, 0.15) is 0 Å². The lowest BCUT2D eigenvalue weighted by atomic mass is 9.74. The van der Waals surface area contributed by atoms with Gasteiger partial charge in [-0.3, -0.25) is 4.79 Å². The standard InChI is InChI=1S/C13H18O3/c14-6-15-2-1-7-3-8-4-9(7)10-5-11-13(16-11)12(8)10/h6-13H,1-5H2. The first-order chi connectivity index (χ1) is 7.88. The van der Waals surface area contributed by atoms with Crippen LogP contribution >= 0.6 is 0 Å². The molecule has 0 amide bonds. The summed E-state index contributed by atoms with van der Waals surface area (Å²) in [5.74, 6) is 4.51. The Labute approximate surface area is 95.5 Å². The van der Waals surface area contributed by atoms with Gasteiger partial charge in [0, 0.05) is 0 Å². The fraction of sp³-hybridized carbons (Fsp3) is 0.923. The van der Waals surface area contributed by atoms with Crippen molar-refractivity contribution in [3.8, 4) is 0 Å². The van der Waals surface area contributed by atoms with Crippen LogP contribution < -0.4 is 0 Å². The Kier molecular flexibility index (Phi) is 1.90. The summed E-state index contributed by atoms with van der Waals surface area (Å²) in [5, 5.41) is 0. The minimum Gasteiger partial charge on any atom is -0.468 e. The second-order valence-electron chi connectivity index (χ2n) is 6.03. The number of carbonyl (C=O) groups is 1. The van der Waals surface area contributed by atoms with E-state index in [4.69, 9.17) is 9.47 Å². The largest absolute Gasteiger partial charge is 0.468 e. The second kappa shape index (κ2) is 3.22. The van der Waals surface area contributed by atoms with Gasteiger partial charge in [-0.05, 0) is 55.3 Å². The number of rotatable bonds is 4. The van der Waals surface area contributed by atoms with Crippen LogP contribution in [0.4, 0.5) is 0 Å². The maximum absolute atomic E-state index is 10.1. The van der Waals surface area contributed by atoms with Gasteiger partial charge in [0.15, 0.2) is 0 Å². The van der Waals surface area contributed by atoms with Gasteiger partial charge in [0.05, 0.1) is 18.8 Å². The lowest BCUT2D eigenvalue weighted by Crippen LogP contribution is -2.28. The summed E-state index contributed by atoms with van der Waals surface area (Å²) in [5.41, 5.74) is 0.